The fourth-order valence-corrected chi connectivity index (χ4v) is 2.59. The number of fused-ring (bicyclic) bond motifs is 1. The number of carbonyl (C=O) groups excluding carboxylic acids is 2. The smallest absolute Gasteiger partial charge is 0.425 e. The minimum absolute atomic E-state index is 0.0339. The number of cyclic esters (lactones) is 1. The molecule has 1 heterocycles. The molecule has 0 saturated heterocycles. The number of benzene rings is 1. The highest BCUT2D eigenvalue weighted by molar-refractivity contribution is 5.97. The predicted octanol–water partition coefficient (Wildman–Crippen LogP) is 2.14. The van der Waals surface area contributed by atoms with Crippen molar-refractivity contribution in [1.29, 1.82) is 0 Å². The standard InChI is InChI=1S/C19H19F3O7/c1-28-11-8-10-4-2-5-12(23)17(26)13(24)6-3-7-15(19(20,21)22)29-18(27)16(10)14(25)9-11/h2-4,6,8-9,12,15,17,23,25-26H,5,7H2,1H3/b4-2+,6-3-. The average Bonchev–Trinajstić information content (AvgIpc) is 2.64. The van der Waals surface area contributed by atoms with Gasteiger partial charge in [0.1, 0.15) is 23.2 Å². The number of halogens is 3. The number of ether oxygens (including phenoxy) is 2. The number of ketones is 1. The summed E-state index contributed by atoms with van der Waals surface area (Å²) in [5, 5.41) is 29.8. The summed E-state index contributed by atoms with van der Waals surface area (Å²) in [6.45, 7) is 0. The minimum atomic E-state index is -4.95. The first-order valence-electron chi connectivity index (χ1n) is 8.46. The summed E-state index contributed by atoms with van der Waals surface area (Å²) in [5.74, 6) is -2.96. The third kappa shape index (κ3) is 5.58. The van der Waals surface area contributed by atoms with Crippen LogP contribution in [0.15, 0.2) is 30.4 Å². The van der Waals surface area contributed by atoms with Crippen LogP contribution in [0.2, 0.25) is 0 Å². The number of aromatic hydroxyl groups is 1. The maximum absolute atomic E-state index is 13.2. The van der Waals surface area contributed by atoms with Crippen LogP contribution in [0.1, 0.15) is 28.8 Å². The van der Waals surface area contributed by atoms with Crippen LogP contribution in [-0.4, -0.2) is 58.7 Å². The van der Waals surface area contributed by atoms with Crippen molar-refractivity contribution in [2.45, 2.75) is 37.3 Å². The monoisotopic (exact) mass is 416 g/mol. The van der Waals surface area contributed by atoms with Crippen molar-refractivity contribution in [2.24, 2.45) is 0 Å². The Balaban J connectivity index is 2.55. The van der Waals surface area contributed by atoms with Crippen molar-refractivity contribution >= 4 is 17.8 Å². The van der Waals surface area contributed by atoms with E-state index in [1.165, 1.54) is 25.3 Å². The van der Waals surface area contributed by atoms with Crippen molar-refractivity contribution in [1.82, 2.24) is 0 Å². The van der Waals surface area contributed by atoms with Gasteiger partial charge in [-0.2, -0.15) is 13.2 Å². The quantitative estimate of drug-likeness (QED) is 0.601. The molecule has 0 spiro atoms. The van der Waals surface area contributed by atoms with Crippen molar-refractivity contribution < 1.29 is 47.6 Å². The highest BCUT2D eigenvalue weighted by atomic mass is 19.4. The van der Waals surface area contributed by atoms with Crippen LogP contribution in [0.25, 0.3) is 6.08 Å². The fourth-order valence-electron chi connectivity index (χ4n) is 2.59. The van der Waals surface area contributed by atoms with Gasteiger partial charge in [-0.1, -0.05) is 18.2 Å². The van der Waals surface area contributed by atoms with Crippen LogP contribution in [0.5, 0.6) is 11.5 Å². The van der Waals surface area contributed by atoms with E-state index in [1.807, 2.05) is 0 Å². The number of aliphatic hydroxyl groups is 2. The lowest BCUT2D eigenvalue weighted by Crippen LogP contribution is -2.34. The Hall–Kier alpha value is -2.85. The van der Waals surface area contributed by atoms with Gasteiger partial charge in [0, 0.05) is 12.5 Å². The second-order valence-corrected chi connectivity index (χ2v) is 6.24. The van der Waals surface area contributed by atoms with E-state index in [9.17, 15) is 38.1 Å². The molecule has 10 heteroatoms. The van der Waals surface area contributed by atoms with Gasteiger partial charge in [0.15, 0.2) is 5.78 Å². The van der Waals surface area contributed by atoms with E-state index >= 15 is 0 Å². The zero-order chi connectivity index (χ0) is 21.8. The molecule has 0 bridgehead atoms. The maximum atomic E-state index is 13.2. The van der Waals surface area contributed by atoms with E-state index in [-0.39, 0.29) is 17.7 Å². The Bertz CT molecular complexity index is 830. The summed E-state index contributed by atoms with van der Waals surface area (Å²) in [6, 6.07) is 2.31. The van der Waals surface area contributed by atoms with Gasteiger partial charge in [-0.15, -0.1) is 0 Å². The number of phenolic OH excluding ortho intramolecular Hbond substituents is 1. The average molecular weight is 416 g/mol. The molecule has 0 aliphatic carbocycles. The molecule has 0 fully saturated rings. The largest absolute Gasteiger partial charge is 0.507 e. The second kappa shape index (κ2) is 9.10. The lowest BCUT2D eigenvalue weighted by atomic mass is 10.0. The van der Waals surface area contributed by atoms with E-state index in [4.69, 9.17) is 4.74 Å². The highest BCUT2D eigenvalue weighted by Crippen LogP contribution is 2.32. The van der Waals surface area contributed by atoms with Gasteiger partial charge in [0.25, 0.3) is 0 Å². The summed E-state index contributed by atoms with van der Waals surface area (Å²) in [5.41, 5.74) is -0.558. The lowest BCUT2D eigenvalue weighted by molar-refractivity contribution is -0.203. The zero-order valence-electron chi connectivity index (χ0n) is 15.2. The molecule has 3 N–H and O–H groups in total. The Morgan fingerprint density at radius 3 is 2.38 bits per heavy atom. The molecule has 0 radical (unpaired) electrons. The molecular formula is C19H19F3O7. The fraction of sp³-hybridized carbons (Fsp3) is 0.368. The molecule has 158 valence electrons. The van der Waals surface area contributed by atoms with Crippen molar-refractivity contribution in [3.63, 3.8) is 0 Å². The van der Waals surface area contributed by atoms with Gasteiger partial charge in [-0.3, -0.25) is 4.79 Å². The molecule has 3 atom stereocenters. The third-order valence-electron chi connectivity index (χ3n) is 4.14. The van der Waals surface area contributed by atoms with E-state index in [0.717, 1.165) is 12.1 Å². The van der Waals surface area contributed by atoms with E-state index < -0.39 is 54.0 Å². The molecule has 7 nitrogen and oxygen atoms in total. The molecule has 0 amide bonds. The summed E-state index contributed by atoms with van der Waals surface area (Å²) in [4.78, 5) is 24.2. The van der Waals surface area contributed by atoms with Crippen molar-refractivity contribution in [3.05, 3.63) is 41.5 Å². The first-order chi connectivity index (χ1) is 13.5. The number of aliphatic hydroxyl groups excluding tert-OH is 2. The maximum Gasteiger partial charge on any atom is 0.425 e. The Morgan fingerprint density at radius 2 is 1.76 bits per heavy atom. The van der Waals surface area contributed by atoms with Gasteiger partial charge >= 0.3 is 12.1 Å². The van der Waals surface area contributed by atoms with Crippen LogP contribution < -0.4 is 4.74 Å². The molecule has 1 aliphatic rings. The Labute approximate surface area is 163 Å². The number of methoxy groups -OCH3 is 1. The summed E-state index contributed by atoms with van der Waals surface area (Å²) in [7, 11) is 1.28. The molecule has 0 aromatic heterocycles. The summed E-state index contributed by atoms with van der Waals surface area (Å²) < 4.78 is 49.2. The first-order valence-corrected chi connectivity index (χ1v) is 8.46. The molecular weight excluding hydrogens is 397 g/mol. The van der Waals surface area contributed by atoms with Crippen LogP contribution >= 0.6 is 0 Å². The van der Waals surface area contributed by atoms with Gasteiger partial charge in [0.2, 0.25) is 6.10 Å². The normalized spacial score (nSPS) is 26.1. The predicted molar refractivity (Wildman–Crippen MR) is 94.3 cm³/mol. The van der Waals surface area contributed by atoms with Crippen molar-refractivity contribution in [3.8, 4) is 11.5 Å². The molecule has 3 unspecified atom stereocenters. The number of hydrogen-bond donors (Lipinski definition) is 3. The summed E-state index contributed by atoms with van der Waals surface area (Å²) in [6.07, 6.45) is -8.04. The number of alkyl halides is 3. The molecule has 29 heavy (non-hydrogen) atoms. The van der Waals surface area contributed by atoms with Crippen LogP contribution in [-0.2, 0) is 9.53 Å². The van der Waals surface area contributed by atoms with E-state index in [1.54, 1.807) is 0 Å². The second-order valence-electron chi connectivity index (χ2n) is 6.24. The first kappa shape index (κ1) is 22.4. The van der Waals surface area contributed by atoms with E-state index in [2.05, 4.69) is 4.74 Å². The lowest BCUT2D eigenvalue weighted by Gasteiger charge is -2.21. The zero-order valence-corrected chi connectivity index (χ0v) is 15.2. The van der Waals surface area contributed by atoms with Gasteiger partial charge in [-0.05, 0) is 24.1 Å². The number of phenols is 1. The molecule has 1 aromatic carbocycles. The van der Waals surface area contributed by atoms with E-state index in [0.29, 0.717) is 6.08 Å². The molecule has 2 rings (SSSR count). The highest BCUT2D eigenvalue weighted by Gasteiger charge is 2.42. The topological polar surface area (TPSA) is 113 Å². The van der Waals surface area contributed by atoms with Crippen molar-refractivity contribution in [2.75, 3.05) is 7.11 Å². The number of carbonyl (C=O) groups is 2. The summed E-state index contributed by atoms with van der Waals surface area (Å²) >= 11 is 0. The van der Waals surface area contributed by atoms with Crippen LogP contribution in [0.4, 0.5) is 13.2 Å². The Kier molecular flexibility index (Phi) is 7.04. The molecule has 1 aliphatic heterocycles. The van der Waals surface area contributed by atoms with Crippen LogP contribution in [0, 0.1) is 0 Å². The molecule has 0 saturated carbocycles. The Morgan fingerprint density at radius 1 is 1.10 bits per heavy atom. The number of hydrogen-bond acceptors (Lipinski definition) is 7. The van der Waals surface area contributed by atoms with Gasteiger partial charge < -0.3 is 24.8 Å². The molecule has 1 aromatic rings. The number of esters is 1. The minimum Gasteiger partial charge on any atom is -0.507 e. The number of rotatable bonds is 1. The SMILES string of the molecule is COc1cc(O)c2c(c1)/C=C/CC(O)C(O)C(=O)/C=C\CC(C(F)(F)F)OC2=O. The third-order valence-corrected chi connectivity index (χ3v) is 4.14. The van der Waals surface area contributed by atoms with Crippen LogP contribution in [0.3, 0.4) is 0 Å². The van der Waals surface area contributed by atoms with Gasteiger partial charge in [0.05, 0.1) is 13.2 Å². The van der Waals surface area contributed by atoms with Gasteiger partial charge in [-0.25, -0.2) is 4.79 Å².